The van der Waals surface area contributed by atoms with E-state index < -0.39 is 11.6 Å². The van der Waals surface area contributed by atoms with Crippen molar-refractivity contribution < 1.29 is 9.53 Å². The molecule has 0 saturated carbocycles. The number of pyridine rings is 1. The fourth-order valence-electron chi connectivity index (χ4n) is 4.36. The van der Waals surface area contributed by atoms with E-state index in [1.165, 1.54) is 6.20 Å². The highest BCUT2D eigenvalue weighted by atomic mass is 16.5. The topological polar surface area (TPSA) is 153 Å². The van der Waals surface area contributed by atoms with Crippen molar-refractivity contribution in [1.29, 1.82) is 0 Å². The third-order valence-corrected chi connectivity index (χ3v) is 6.33. The van der Waals surface area contributed by atoms with Crippen molar-refractivity contribution in [3.05, 3.63) is 108 Å². The van der Waals surface area contributed by atoms with Crippen LogP contribution in [0.5, 0.6) is 11.5 Å². The van der Waals surface area contributed by atoms with Gasteiger partial charge in [0.1, 0.15) is 11.6 Å². The lowest BCUT2D eigenvalue weighted by Crippen LogP contribution is -2.21. The summed E-state index contributed by atoms with van der Waals surface area (Å²) in [5, 5.41) is 11.9. The number of anilines is 3. The van der Waals surface area contributed by atoms with Crippen molar-refractivity contribution in [2.45, 2.75) is 6.92 Å². The number of fused-ring (bicyclic) bond motifs is 2. The zero-order valence-electron chi connectivity index (χ0n) is 21.9. The predicted molar refractivity (Wildman–Crippen MR) is 160 cm³/mol. The lowest BCUT2D eigenvalue weighted by atomic mass is 10.1. The number of hydrogen-bond acceptors (Lipinski definition) is 7. The number of ether oxygens (including phenoxy) is 1. The second-order valence-electron chi connectivity index (χ2n) is 9.24. The second kappa shape index (κ2) is 10.3. The number of amides is 2. The molecule has 0 bridgehead atoms. The van der Waals surface area contributed by atoms with Gasteiger partial charge in [0.15, 0.2) is 22.7 Å². The second-order valence-corrected chi connectivity index (χ2v) is 9.24. The molecular formula is C30H24N8O3. The molecule has 0 aliphatic rings. The monoisotopic (exact) mass is 544 g/mol. The van der Waals surface area contributed by atoms with Crippen LogP contribution in [0, 0.1) is 0 Å². The van der Waals surface area contributed by atoms with E-state index in [0.29, 0.717) is 34.2 Å². The number of urea groups is 1. The fraction of sp³-hybridized carbons (Fsp3) is 0.0333. The quantitative estimate of drug-likeness (QED) is 0.209. The SMILES string of the molecule is C=C(C)c1cc(NC(=O)Nc2ccc(Oc3ccnc4[nH]c(=O)c(N)nc34)c3ccccc23)n(-c2ccccc2)n1. The van der Waals surface area contributed by atoms with Gasteiger partial charge in [0.25, 0.3) is 5.56 Å². The van der Waals surface area contributed by atoms with Crippen LogP contribution in [0.25, 0.3) is 33.2 Å². The van der Waals surface area contributed by atoms with Gasteiger partial charge in [0.05, 0.1) is 17.1 Å². The highest BCUT2D eigenvalue weighted by Crippen LogP contribution is 2.36. The molecule has 0 radical (unpaired) electrons. The van der Waals surface area contributed by atoms with Gasteiger partial charge < -0.3 is 20.8 Å². The number of allylic oxidation sites excluding steroid dienone is 1. The molecule has 2 amide bonds. The Morgan fingerprint density at radius 2 is 1.73 bits per heavy atom. The van der Waals surface area contributed by atoms with E-state index in [1.54, 1.807) is 28.9 Å². The third-order valence-electron chi connectivity index (χ3n) is 6.33. The molecule has 6 aromatic rings. The lowest BCUT2D eigenvalue weighted by Gasteiger charge is -2.15. The summed E-state index contributed by atoms with van der Waals surface area (Å²) in [6.07, 6.45) is 1.51. The number of nitrogen functional groups attached to an aromatic ring is 1. The van der Waals surface area contributed by atoms with Crippen molar-refractivity contribution in [1.82, 2.24) is 24.7 Å². The van der Waals surface area contributed by atoms with Crippen molar-refractivity contribution >= 4 is 50.9 Å². The molecule has 0 atom stereocenters. The molecule has 3 aromatic carbocycles. The van der Waals surface area contributed by atoms with Crippen LogP contribution in [0.4, 0.5) is 22.1 Å². The van der Waals surface area contributed by atoms with E-state index >= 15 is 0 Å². The van der Waals surface area contributed by atoms with Crippen molar-refractivity contribution in [3.8, 4) is 17.2 Å². The molecule has 0 fully saturated rings. The van der Waals surface area contributed by atoms with Gasteiger partial charge in [-0.05, 0) is 36.8 Å². The first-order valence-corrected chi connectivity index (χ1v) is 12.6. The van der Waals surface area contributed by atoms with Gasteiger partial charge in [0, 0.05) is 29.1 Å². The minimum absolute atomic E-state index is 0.185. The van der Waals surface area contributed by atoms with Crippen LogP contribution < -0.4 is 26.7 Å². The first-order chi connectivity index (χ1) is 19.9. The van der Waals surface area contributed by atoms with Gasteiger partial charge in [-0.1, -0.05) is 49.0 Å². The normalized spacial score (nSPS) is 11.0. The van der Waals surface area contributed by atoms with Crippen LogP contribution in [-0.2, 0) is 0 Å². The molecule has 0 saturated heterocycles. The number of hydrogen-bond donors (Lipinski definition) is 4. The van der Waals surface area contributed by atoms with E-state index in [0.717, 1.165) is 22.0 Å². The van der Waals surface area contributed by atoms with Crippen molar-refractivity contribution in [2.24, 2.45) is 0 Å². The molecule has 6 rings (SSSR count). The maximum absolute atomic E-state index is 13.2. The maximum atomic E-state index is 13.2. The molecule has 11 heteroatoms. The van der Waals surface area contributed by atoms with Crippen LogP contribution in [0.15, 0.2) is 96.4 Å². The predicted octanol–water partition coefficient (Wildman–Crippen LogP) is 5.71. The summed E-state index contributed by atoms with van der Waals surface area (Å²) in [5.41, 5.74) is 8.58. The van der Waals surface area contributed by atoms with E-state index in [4.69, 9.17) is 10.5 Å². The number of nitrogens with zero attached hydrogens (tertiary/aromatic N) is 4. The number of benzene rings is 3. The number of H-pyrrole nitrogens is 1. The minimum atomic E-state index is -0.524. The Balaban J connectivity index is 1.30. The number of rotatable bonds is 6. The Hall–Kier alpha value is -5.97. The molecule has 0 aliphatic heterocycles. The van der Waals surface area contributed by atoms with Gasteiger partial charge >= 0.3 is 6.03 Å². The van der Waals surface area contributed by atoms with Crippen molar-refractivity contribution in [2.75, 3.05) is 16.4 Å². The van der Waals surface area contributed by atoms with Gasteiger partial charge in [-0.25, -0.2) is 19.4 Å². The average Bonchev–Trinajstić information content (AvgIpc) is 3.40. The van der Waals surface area contributed by atoms with E-state index in [9.17, 15) is 9.59 Å². The molecule has 41 heavy (non-hydrogen) atoms. The summed E-state index contributed by atoms with van der Waals surface area (Å²) >= 11 is 0. The maximum Gasteiger partial charge on any atom is 0.324 e. The summed E-state index contributed by atoms with van der Waals surface area (Å²) in [6.45, 7) is 5.83. The number of carbonyl (C=O) groups excluding carboxylic acids is 1. The third kappa shape index (κ3) is 4.94. The van der Waals surface area contributed by atoms with Gasteiger partial charge in [-0.2, -0.15) is 5.10 Å². The molecule has 3 aromatic heterocycles. The number of aromatic amines is 1. The standard InChI is InChI=1S/C30H24N8O3/c1-17(2)22-16-25(38(37-22)18-8-4-3-5-9-18)34-30(40)33-21-12-13-23(20-11-7-6-10-19(20)21)41-24-14-15-32-28-26(24)35-27(31)29(39)36-28/h3-16H,1H2,2H3,(H2,31,35)(H,32,36,39)(H2,33,34,40). The van der Waals surface area contributed by atoms with Crippen LogP contribution >= 0.6 is 0 Å². The molecule has 0 unspecified atom stereocenters. The molecule has 3 heterocycles. The largest absolute Gasteiger partial charge is 0.454 e. The lowest BCUT2D eigenvalue weighted by molar-refractivity contribution is 0.262. The summed E-state index contributed by atoms with van der Waals surface area (Å²) < 4.78 is 7.88. The van der Waals surface area contributed by atoms with Gasteiger partial charge in [-0.15, -0.1) is 0 Å². The summed E-state index contributed by atoms with van der Waals surface area (Å²) in [5.74, 6) is 1.18. The molecule has 0 spiro atoms. The smallest absolute Gasteiger partial charge is 0.324 e. The average molecular weight is 545 g/mol. The molecule has 5 N–H and O–H groups in total. The Labute approximate surface area is 233 Å². The highest BCUT2D eigenvalue weighted by molar-refractivity contribution is 6.07. The molecular weight excluding hydrogens is 520 g/mol. The Morgan fingerprint density at radius 1 is 0.976 bits per heavy atom. The number of nitrogens with one attached hydrogen (secondary N) is 3. The van der Waals surface area contributed by atoms with Crippen molar-refractivity contribution in [3.63, 3.8) is 0 Å². The molecule has 0 aliphatic carbocycles. The van der Waals surface area contributed by atoms with E-state index in [1.807, 2.05) is 61.5 Å². The first-order valence-electron chi connectivity index (χ1n) is 12.6. The van der Waals surface area contributed by atoms with Gasteiger partial charge in [-0.3, -0.25) is 10.1 Å². The Bertz CT molecular complexity index is 2010. The van der Waals surface area contributed by atoms with E-state index in [-0.39, 0.29) is 11.5 Å². The summed E-state index contributed by atoms with van der Waals surface area (Å²) in [4.78, 5) is 36.0. The van der Waals surface area contributed by atoms with Crippen LogP contribution in [0.1, 0.15) is 12.6 Å². The Kier molecular flexibility index (Phi) is 6.36. The molecule has 11 nitrogen and oxygen atoms in total. The summed E-state index contributed by atoms with van der Waals surface area (Å²) in [7, 11) is 0. The van der Waals surface area contributed by atoms with Crippen LogP contribution in [0.3, 0.4) is 0 Å². The zero-order valence-corrected chi connectivity index (χ0v) is 21.9. The molecule has 202 valence electrons. The number of carbonyl (C=O) groups is 1. The first kappa shape index (κ1) is 25.3. The zero-order chi connectivity index (χ0) is 28.5. The number of para-hydroxylation sites is 1. The Morgan fingerprint density at radius 3 is 2.51 bits per heavy atom. The minimum Gasteiger partial charge on any atom is -0.454 e. The van der Waals surface area contributed by atoms with Gasteiger partial charge in [0.2, 0.25) is 0 Å². The number of aromatic nitrogens is 5. The van der Waals surface area contributed by atoms with Crippen LogP contribution in [-0.4, -0.2) is 30.8 Å². The summed E-state index contributed by atoms with van der Waals surface area (Å²) in [6, 6.07) is 23.5. The van der Waals surface area contributed by atoms with E-state index in [2.05, 4.69) is 37.3 Å². The fourth-order valence-corrected chi connectivity index (χ4v) is 4.36. The number of nitrogens with two attached hydrogens (primary N) is 1. The highest BCUT2D eigenvalue weighted by Gasteiger charge is 2.16. The van der Waals surface area contributed by atoms with Crippen LogP contribution in [0.2, 0.25) is 0 Å².